The van der Waals surface area contributed by atoms with Crippen LogP contribution in [0.1, 0.15) is 10.4 Å². The molecule has 0 saturated carbocycles. The first-order chi connectivity index (χ1) is 10.1. The molecule has 1 amide bonds. The molecule has 1 rings (SSSR count). The molecule has 0 radical (unpaired) electrons. The van der Waals surface area contributed by atoms with Crippen LogP contribution in [0.3, 0.4) is 0 Å². The molecule has 3 N–H and O–H groups in total. The molecule has 0 aliphatic carbocycles. The molecule has 1 aromatic carbocycles. The highest BCUT2D eigenvalue weighted by Gasteiger charge is 2.25. The van der Waals surface area contributed by atoms with Crippen molar-refractivity contribution in [3.05, 3.63) is 32.8 Å². The molecule has 11 heteroatoms. The summed E-state index contributed by atoms with van der Waals surface area (Å²) in [6.45, 7) is -0.923. The van der Waals surface area contributed by atoms with Gasteiger partial charge in [0.1, 0.15) is 5.02 Å². The lowest BCUT2D eigenvalue weighted by molar-refractivity contribution is -0.384. The van der Waals surface area contributed by atoms with Crippen LogP contribution in [0, 0.1) is 10.1 Å². The Morgan fingerprint density at radius 1 is 1.50 bits per heavy atom. The zero-order valence-electron chi connectivity index (χ0n) is 11.3. The Bertz CT molecular complexity index is 705. The molecule has 9 nitrogen and oxygen atoms in total. The summed E-state index contributed by atoms with van der Waals surface area (Å²) >= 11 is 5.67. The maximum absolute atomic E-state index is 12.0. The van der Waals surface area contributed by atoms with E-state index in [4.69, 9.17) is 21.8 Å². The topological polar surface area (TPSA) is 147 Å². The zero-order chi connectivity index (χ0) is 17.1. The van der Waals surface area contributed by atoms with Gasteiger partial charge < -0.3 is 15.5 Å². The number of nitrogens with zero attached hydrogens (tertiary/aromatic N) is 1. The van der Waals surface area contributed by atoms with E-state index < -0.39 is 49.0 Å². The Kier molecular flexibility index (Phi) is 5.83. The highest BCUT2D eigenvalue weighted by atomic mass is 35.5. The van der Waals surface area contributed by atoms with Gasteiger partial charge >= 0.3 is 0 Å². The fraction of sp³-hybridized carbons (Fsp3) is 0.364. The Labute approximate surface area is 130 Å². The van der Waals surface area contributed by atoms with Crippen molar-refractivity contribution in [1.82, 2.24) is 5.32 Å². The average molecular weight is 353 g/mol. The number of carbonyl (C=O) groups is 1. The minimum atomic E-state index is -3.93. The van der Waals surface area contributed by atoms with Gasteiger partial charge in [-0.05, 0) is 6.07 Å². The van der Waals surface area contributed by atoms with Crippen molar-refractivity contribution < 1.29 is 28.3 Å². The third kappa shape index (κ3) is 4.37. The Balaban J connectivity index is 3.32. The van der Waals surface area contributed by atoms with Gasteiger partial charge in [0, 0.05) is 18.9 Å². The number of nitro groups is 1. The van der Waals surface area contributed by atoms with E-state index in [0.29, 0.717) is 6.07 Å². The highest BCUT2D eigenvalue weighted by Crippen LogP contribution is 2.30. The van der Waals surface area contributed by atoms with Crippen molar-refractivity contribution in [2.45, 2.75) is 11.0 Å². The summed E-state index contributed by atoms with van der Waals surface area (Å²) in [5.41, 5.74) is -1.03. The molecular weight excluding hydrogens is 340 g/mol. The second-order valence-corrected chi connectivity index (χ2v) is 6.77. The lowest BCUT2D eigenvalue weighted by Gasteiger charge is -2.12. The second-order valence-electron chi connectivity index (χ2n) is 4.38. The van der Waals surface area contributed by atoms with E-state index in [1.807, 2.05) is 0 Å². The molecule has 0 aliphatic rings. The van der Waals surface area contributed by atoms with Crippen molar-refractivity contribution in [2.75, 3.05) is 19.4 Å². The molecule has 0 aliphatic heterocycles. The quantitative estimate of drug-likeness (QED) is 0.471. The van der Waals surface area contributed by atoms with Gasteiger partial charge in [0.2, 0.25) is 0 Å². The zero-order valence-corrected chi connectivity index (χ0v) is 12.9. The molecular formula is C11H13ClN2O7S. The van der Waals surface area contributed by atoms with Crippen LogP contribution in [-0.2, 0) is 9.84 Å². The number of rotatable bonds is 6. The minimum absolute atomic E-state index is 0.326. The fourth-order valence-corrected chi connectivity index (χ4v) is 2.65. The van der Waals surface area contributed by atoms with Gasteiger partial charge in [-0.25, -0.2) is 8.42 Å². The van der Waals surface area contributed by atoms with Crippen molar-refractivity contribution in [3.8, 4) is 0 Å². The van der Waals surface area contributed by atoms with Gasteiger partial charge in [0.15, 0.2) is 9.84 Å². The predicted molar refractivity (Wildman–Crippen MR) is 76.6 cm³/mol. The predicted octanol–water partition coefficient (Wildman–Crippen LogP) is -0.265. The number of hydrogen-bond acceptors (Lipinski definition) is 7. The molecule has 0 aromatic heterocycles. The van der Waals surface area contributed by atoms with Gasteiger partial charge in [0.05, 0.1) is 28.1 Å². The Morgan fingerprint density at radius 3 is 2.55 bits per heavy atom. The molecule has 22 heavy (non-hydrogen) atoms. The third-order valence-electron chi connectivity index (χ3n) is 2.60. The smallest absolute Gasteiger partial charge is 0.289 e. The van der Waals surface area contributed by atoms with Gasteiger partial charge in [-0.15, -0.1) is 0 Å². The van der Waals surface area contributed by atoms with E-state index in [1.54, 1.807) is 0 Å². The number of aliphatic hydroxyl groups excluding tert-OH is 2. The summed E-state index contributed by atoms with van der Waals surface area (Å²) in [5.74, 6) is -0.898. The number of carbonyl (C=O) groups excluding carboxylic acids is 1. The van der Waals surface area contributed by atoms with Crippen LogP contribution >= 0.6 is 11.6 Å². The summed E-state index contributed by atoms with van der Waals surface area (Å²) in [7, 11) is -3.93. The minimum Gasteiger partial charge on any atom is -0.394 e. The first kappa shape index (κ1) is 18.3. The largest absolute Gasteiger partial charge is 0.394 e. The number of nitro benzene ring substituents is 1. The van der Waals surface area contributed by atoms with Crippen LogP contribution in [0.15, 0.2) is 17.0 Å². The number of aliphatic hydroxyl groups is 2. The molecule has 0 bridgehead atoms. The van der Waals surface area contributed by atoms with E-state index in [2.05, 4.69) is 5.32 Å². The Hall–Kier alpha value is -1.75. The van der Waals surface area contributed by atoms with E-state index >= 15 is 0 Å². The SMILES string of the molecule is CS(=O)(=O)c1cc([N+](=O)[O-])c(Cl)cc1C(=O)NCC(O)CO. The fourth-order valence-electron chi connectivity index (χ4n) is 1.54. The van der Waals surface area contributed by atoms with Gasteiger partial charge in [-0.3, -0.25) is 14.9 Å². The average Bonchev–Trinajstić information content (AvgIpc) is 2.42. The Morgan fingerprint density at radius 2 is 2.09 bits per heavy atom. The lowest BCUT2D eigenvalue weighted by Crippen LogP contribution is -2.34. The first-order valence-electron chi connectivity index (χ1n) is 5.83. The number of halogens is 1. The molecule has 1 aromatic rings. The summed E-state index contributed by atoms with van der Waals surface area (Å²) in [4.78, 5) is 21.3. The van der Waals surface area contributed by atoms with E-state index in [0.717, 1.165) is 12.3 Å². The van der Waals surface area contributed by atoms with E-state index in [-0.39, 0.29) is 12.1 Å². The molecule has 122 valence electrons. The standard InChI is InChI=1S/C11H13ClN2O7S/c1-22(20,21)10-3-9(14(18)19)8(12)2-7(10)11(17)13-4-6(16)5-15/h2-3,6,15-16H,4-5H2,1H3,(H,13,17). The number of sulfone groups is 1. The van der Waals surface area contributed by atoms with E-state index in [1.165, 1.54) is 0 Å². The van der Waals surface area contributed by atoms with Crippen molar-refractivity contribution in [3.63, 3.8) is 0 Å². The summed E-state index contributed by atoms with van der Waals surface area (Å²) in [6.07, 6.45) is -0.432. The molecule has 1 atom stereocenters. The maximum atomic E-state index is 12.0. The van der Waals surface area contributed by atoms with Gasteiger partial charge in [-0.1, -0.05) is 11.6 Å². The molecule has 0 saturated heterocycles. The number of benzene rings is 1. The molecule has 0 heterocycles. The van der Waals surface area contributed by atoms with Crippen LogP contribution in [0.25, 0.3) is 0 Å². The summed E-state index contributed by atoms with van der Waals surface area (Å²) < 4.78 is 23.4. The molecule has 0 fully saturated rings. The van der Waals surface area contributed by atoms with E-state index in [9.17, 15) is 23.3 Å². The van der Waals surface area contributed by atoms with Crippen LogP contribution < -0.4 is 5.32 Å². The van der Waals surface area contributed by atoms with Crippen LogP contribution in [0.4, 0.5) is 5.69 Å². The summed E-state index contributed by atoms with van der Waals surface area (Å²) in [6, 6.07) is 1.58. The van der Waals surface area contributed by atoms with Crippen LogP contribution in [0.5, 0.6) is 0 Å². The second kappa shape index (κ2) is 7.01. The lowest BCUT2D eigenvalue weighted by atomic mass is 10.2. The monoisotopic (exact) mass is 352 g/mol. The van der Waals surface area contributed by atoms with Crippen LogP contribution in [-0.4, -0.2) is 55.0 Å². The molecule has 0 spiro atoms. The normalized spacial score (nSPS) is 12.7. The number of hydrogen-bond donors (Lipinski definition) is 3. The number of amides is 1. The maximum Gasteiger partial charge on any atom is 0.289 e. The number of nitrogens with one attached hydrogen (secondary N) is 1. The van der Waals surface area contributed by atoms with Crippen LogP contribution in [0.2, 0.25) is 5.02 Å². The van der Waals surface area contributed by atoms with Gasteiger partial charge in [-0.2, -0.15) is 0 Å². The van der Waals surface area contributed by atoms with Crippen molar-refractivity contribution in [1.29, 1.82) is 0 Å². The first-order valence-corrected chi connectivity index (χ1v) is 8.10. The van der Waals surface area contributed by atoms with Crippen molar-refractivity contribution in [2.24, 2.45) is 0 Å². The third-order valence-corrected chi connectivity index (χ3v) is 4.04. The van der Waals surface area contributed by atoms with Crippen molar-refractivity contribution >= 4 is 33.0 Å². The van der Waals surface area contributed by atoms with Gasteiger partial charge in [0.25, 0.3) is 11.6 Å². The molecule has 1 unspecified atom stereocenters. The highest BCUT2D eigenvalue weighted by molar-refractivity contribution is 7.90. The summed E-state index contributed by atoms with van der Waals surface area (Å²) in [5, 5.41) is 30.4.